The fourth-order valence-electron chi connectivity index (χ4n) is 4.14. The zero-order valence-electron chi connectivity index (χ0n) is 19.9. The van der Waals surface area contributed by atoms with Crippen LogP contribution in [0.3, 0.4) is 0 Å². The number of aliphatic hydroxyl groups is 2. The van der Waals surface area contributed by atoms with Crippen molar-refractivity contribution in [1.29, 1.82) is 0 Å². The third-order valence-electron chi connectivity index (χ3n) is 6.02. The van der Waals surface area contributed by atoms with E-state index in [4.69, 9.17) is 14.8 Å². The van der Waals surface area contributed by atoms with E-state index < -0.39 is 12.7 Å². The standard InChI is InChI=1S/C25H30N6O4/c1-4-17(11-16(2)26-3)21-5-6-22-24(28-21)31(18-8-10-30(22)13-18)25(34)29-23-12-20(7-9-27-23)35-15-19(33)14-32/h4-7,9,11-12,18-19,32-33H,1,8,10,13-15H2,2-3H3,(H,27,29,34)/b17-11+,26-16?/t18-,19-/m0/s1. The Kier molecular flexibility index (Phi) is 7.42. The first-order chi connectivity index (χ1) is 16.9. The average molecular weight is 479 g/mol. The molecule has 0 radical (unpaired) electrons. The summed E-state index contributed by atoms with van der Waals surface area (Å²) in [4.78, 5) is 30.7. The number of allylic oxidation sites excluding steroid dienone is 3. The molecule has 0 saturated carbocycles. The number of fused-ring (bicyclic) bond motifs is 4. The molecule has 4 rings (SSSR count). The highest BCUT2D eigenvalue weighted by Gasteiger charge is 2.40. The first-order valence-corrected chi connectivity index (χ1v) is 11.4. The number of hydrogen-bond donors (Lipinski definition) is 3. The van der Waals surface area contributed by atoms with E-state index in [2.05, 4.69) is 26.8 Å². The fraction of sp³-hybridized carbons (Fsp3) is 0.360. The molecular formula is C25H30N6O4. The number of ether oxygens (including phenoxy) is 1. The van der Waals surface area contributed by atoms with Gasteiger partial charge >= 0.3 is 6.03 Å². The molecule has 0 aliphatic carbocycles. The molecule has 0 aromatic carbocycles. The van der Waals surface area contributed by atoms with Crippen LogP contribution < -0.4 is 19.9 Å². The van der Waals surface area contributed by atoms with E-state index in [0.717, 1.165) is 36.5 Å². The van der Waals surface area contributed by atoms with Crippen LogP contribution in [0, 0.1) is 0 Å². The van der Waals surface area contributed by atoms with Gasteiger partial charge in [0.2, 0.25) is 0 Å². The van der Waals surface area contributed by atoms with Crippen molar-refractivity contribution in [3.05, 3.63) is 54.9 Å². The second kappa shape index (κ2) is 10.7. The van der Waals surface area contributed by atoms with Crippen molar-refractivity contribution in [3.63, 3.8) is 0 Å². The van der Waals surface area contributed by atoms with Crippen molar-refractivity contribution < 1.29 is 19.7 Å². The topological polar surface area (TPSA) is 123 Å². The van der Waals surface area contributed by atoms with E-state index in [1.54, 1.807) is 30.2 Å². The van der Waals surface area contributed by atoms with Gasteiger partial charge in [0.05, 0.1) is 24.0 Å². The molecule has 2 atom stereocenters. The molecular weight excluding hydrogens is 448 g/mol. The van der Waals surface area contributed by atoms with Gasteiger partial charge in [-0.15, -0.1) is 0 Å². The number of urea groups is 1. The van der Waals surface area contributed by atoms with Crippen LogP contribution in [0.25, 0.3) is 5.57 Å². The Morgan fingerprint density at radius 2 is 2.26 bits per heavy atom. The van der Waals surface area contributed by atoms with Gasteiger partial charge in [0.25, 0.3) is 0 Å². The van der Waals surface area contributed by atoms with Crippen LogP contribution in [-0.2, 0) is 0 Å². The fourth-order valence-corrected chi connectivity index (χ4v) is 4.14. The van der Waals surface area contributed by atoms with Crippen molar-refractivity contribution in [2.24, 2.45) is 4.99 Å². The zero-order chi connectivity index (χ0) is 24.9. The van der Waals surface area contributed by atoms with E-state index >= 15 is 0 Å². The normalized spacial score (nSPS) is 18.2. The van der Waals surface area contributed by atoms with Crippen LogP contribution >= 0.6 is 0 Å². The van der Waals surface area contributed by atoms with Crippen LogP contribution in [0.2, 0.25) is 0 Å². The predicted molar refractivity (Wildman–Crippen MR) is 136 cm³/mol. The summed E-state index contributed by atoms with van der Waals surface area (Å²) in [6.07, 6.45) is 4.99. The van der Waals surface area contributed by atoms with Gasteiger partial charge in [0.15, 0.2) is 5.82 Å². The Bertz CT molecular complexity index is 1160. The van der Waals surface area contributed by atoms with E-state index in [0.29, 0.717) is 23.1 Å². The van der Waals surface area contributed by atoms with Crippen molar-refractivity contribution in [3.8, 4) is 5.75 Å². The highest BCUT2D eigenvalue weighted by atomic mass is 16.5. The summed E-state index contributed by atoms with van der Waals surface area (Å²) >= 11 is 0. The minimum Gasteiger partial charge on any atom is -0.491 e. The van der Waals surface area contributed by atoms with Gasteiger partial charge in [-0.2, -0.15) is 0 Å². The number of hydrogen-bond acceptors (Lipinski definition) is 8. The van der Waals surface area contributed by atoms with E-state index in [1.165, 1.54) is 6.20 Å². The van der Waals surface area contributed by atoms with Crippen molar-refractivity contribution in [1.82, 2.24) is 9.97 Å². The molecule has 10 nitrogen and oxygen atoms in total. The Hall–Kier alpha value is -3.76. The summed E-state index contributed by atoms with van der Waals surface area (Å²) in [6.45, 7) is 6.94. The summed E-state index contributed by atoms with van der Waals surface area (Å²) in [6, 6.07) is 6.77. The minimum atomic E-state index is -0.987. The Balaban J connectivity index is 1.61. The summed E-state index contributed by atoms with van der Waals surface area (Å²) in [5.41, 5.74) is 3.28. The molecule has 0 spiro atoms. The molecule has 2 aromatic heterocycles. The number of nitrogens with zero attached hydrogens (tertiary/aromatic N) is 5. The van der Waals surface area contributed by atoms with Gasteiger partial charge in [-0.05, 0) is 37.6 Å². The van der Waals surface area contributed by atoms with E-state index in [-0.39, 0.29) is 18.7 Å². The number of aromatic nitrogens is 2. The molecule has 4 heterocycles. The smallest absolute Gasteiger partial charge is 0.329 e. The van der Waals surface area contributed by atoms with Crippen molar-refractivity contribution >= 4 is 34.6 Å². The number of aliphatic imine (C=N–C) groups is 1. The van der Waals surface area contributed by atoms with E-state index in [9.17, 15) is 9.90 Å². The monoisotopic (exact) mass is 478 g/mol. The quantitative estimate of drug-likeness (QED) is 0.393. The Morgan fingerprint density at radius 3 is 3.00 bits per heavy atom. The second-order valence-electron chi connectivity index (χ2n) is 8.42. The lowest BCUT2D eigenvalue weighted by Gasteiger charge is -2.35. The number of amides is 2. The molecule has 10 heteroatoms. The third-order valence-corrected chi connectivity index (χ3v) is 6.02. The van der Waals surface area contributed by atoms with Crippen LogP contribution in [-0.4, -0.2) is 77.4 Å². The molecule has 2 aromatic rings. The molecule has 1 fully saturated rings. The molecule has 2 amide bonds. The summed E-state index contributed by atoms with van der Waals surface area (Å²) in [5.74, 6) is 1.32. The number of anilines is 3. The molecule has 35 heavy (non-hydrogen) atoms. The summed E-state index contributed by atoms with van der Waals surface area (Å²) in [7, 11) is 1.73. The van der Waals surface area contributed by atoms with E-state index in [1.807, 2.05) is 25.1 Å². The molecule has 184 valence electrons. The first-order valence-electron chi connectivity index (χ1n) is 11.4. The molecule has 2 aliphatic rings. The van der Waals surface area contributed by atoms with Gasteiger partial charge in [0.1, 0.15) is 24.3 Å². The molecule has 0 unspecified atom stereocenters. The molecule has 2 bridgehead atoms. The van der Waals surface area contributed by atoms with Crippen LogP contribution in [0.1, 0.15) is 19.0 Å². The van der Waals surface area contributed by atoms with Gasteiger partial charge in [-0.25, -0.2) is 14.8 Å². The molecule has 2 aliphatic heterocycles. The van der Waals surface area contributed by atoms with Gasteiger partial charge < -0.3 is 19.8 Å². The average Bonchev–Trinajstić information content (AvgIpc) is 3.29. The number of rotatable bonds is 8. The highest BCUT2D eigenvalue weighted by Crippen LogP contribution is 2.40. The molecule has 3 N–H and O–H groups in total. The Labute approximate surface area is 204 Å². The number of aliphatic hydroxyl groups excluding tert-OH is 2. The maximum absolute atomic E-state index is 13.5. The lowest BCUT2D eigenvalue weighted by atomic mass is 10.1. The van der Waals surface area contributed by atoms with Crippen LogP contribution in [0.5, 0.6) is 5.75 Å². The SMILES string of the molecule is C=C/C(=C\C(C)=NC)c1ccc2c(n1)N(C(=O)Nc1cc(OC[C@@H](O)CO)ccn1)[C@H]1CCN2C1. The minimum absolute atomic E-state index is 0.0144. The van der Waals surface area contributed by atoms with Crippen LogP contribution in [0.15, 0.2) is 54.2 Å². The summed E-state index contributed by atoms with van der Waals surface area (Å²) < 4.78 is 5.47. The highest BCUT2D eigenvalue weighted by molar-refractivity contribution is 6.05. The largest absolute Gasteiger partial charge is 0.491 e. The number of carbonyl (C=O) groups excluding carboxylic acids is 1. The maximum atomic E-state index is 13.5. The number of pyridine rings is 2. The zero-order valence-corrected chi connectivity index (χ0v) is 19.9. The molecule has 1 saturated heterocycles. The van der Waals surface area contributed by atoms with Crippen molar-refractivity contribution in [2.45, 2.75) is 25.5 Å². The lowest BCUT2D eigenvalue weighted by Crippen LogP contribution is -2.48. The van der Waals surface area contributed by atoms with Crippen molar-refractivity contribution in [2.75, 3.05) is 48.5 Å². The van der Waals surface area contributed by atoms with Gasteiger partial charge in [0, 0.05) is 43.7 Å². The van der Waals surface area contributed by atoms with Gasteiger partial charge in [-0.3, -0.25) is 15.2 Å². The second-order valence-corrected chi connectivity index (χ2v) is 8.42. The lowest BCUT2D eigenvalue weighted by molar-refractivity contribution is 0.0536. The maximum Gasteiger partial charge on any atom is 0.329 e. The number of carbonyl (C=O) groups is 1. The third kappa shape index (κ3) is 5.33. The van der Waals surface area contributed by atoms with Gasteiger partial charge in [-0.1, -0.05) is 12.7 Å². The number of nitrogens with one attached hydrogen (secondary N) is 1. The van der Waals surface area contributed by atoms with Crippen LogP contribution in [0.4, 0.5) is 22.1 Å². The summed E-state index contributed by atoms with van der Waals surface area (Å²) in [5, 5.41) is 21.3. The first kappa shape index (κ1) is 24.4. The predicted octanol–water partition coefficient (Wildman–Crippen LogP) is 2.50. The Morgan fingerprint density at radius 1 is 1.43 bits per heavy atom.